The number of aliphatic hydroxyl groups excluding tert-OH is 1. The van der Waals surface area contributed by atoms with Crippen LogP contribution in [-0.2, 0) is 9.53 Å². The third-order valence-electron chi connectivity index (χ3n) is 4.19. The van der Waals surface area contributed by atoms with Crippen LogP contribution in [0.25, 0.3) is 0 Å². The molecule has 2 atom stereocenters. The first-order valence-electron chi connectivity index (χ1n) is 6.94. The third kappa shape index (κ3) is 3.40. The maximum atomic E-state index is 12.1. The lowest BCUT2D eigenvalue weighted by molar-refractivity contribution is -0.141. The van der Waals surface area contributed by atoms with Gasteiger partial charge in [-0.2, -0.15) is 0 Å². The maximum Gasteiger partial charge on any atom is 0.326 e. The molecule has 7 heteroatoms. The number of aliphatic carboxylic acids is 1. The average molecular weight is 286 g/mol. The summed E-state index contributed by atoms with van der Waals surface area (Å²) in [6, 6.07) is -1.35. The van der Waals surface area contributed by atoms with Gasteiger partial charge in [0.25, 0.3) is 0 Å². The van der Waals surface area contributed by atoms with Crippen molar-refractivity contribution in [2.24, 2.45) is 5.41 Å². The minimum absolute atomic E-state index is 0.00896. The van der Waals surface area contributed by atoms with Crippen molar-refractivity contribution < 1.29 is 24.5 Å². The molecule has 0 saturated carbocycles. The van der Waals surface area contributed by atoms with Gasteiger partial charge in [0.2, 0.25) is 0 Å². The van der Waals surface area contributed by atoms with Crippen LogP contribution in [0.15, 0.2) is 0 Å². The Labute approximate surface area is 117 Å². The van der Waals surface area contributed by atoms with Crippen molar-refractivity contribution in [1.29, 1.82) is 0 Å². The van der Waals surface area contributed by atoms with Crippen molar-refractivity contribution in [3.63, 3.8) is 0 Å². The van der Waals surface area contributed by atoms with E-state index in [1.165, 1.54) is 4.90 Å². The van der Waals surface area contributed by atoms with Crippen LogP contribution in [0.3, 0.4) is 0 Å². The topological polar surface area (TPSA) is 99.1 Å². The Morgan fingerprint density at radius 3 is 2.65 bits per heavy atom. The summed E-state index contributed by atoms with van der Waals surface area (Å²) in [4.78, 5) is 24.4. The van der Waals surface area contributed by atoms with Crippen molar-refractivity contribution in [3.8, 4) is 0 Å². The highest BCUT2D eigenvalue weighted by Gasteiger charge is 2.39. The number of rotatable bonds is 3. The van der Waals surface area contributed by atoms with Gasteiger partial charge in [0, 0.05) is 32.7 Å². The fourth-order valence-electron chi connectivity index (χ4n) is 2.70. The Bertz CT molecular complexity index is 381. The van der Waals surface area contributed by atoms with Gasteiger partial charge in [-0.3, -0.25) is 0 Å². The molecule has 20 heavy (non-hydrogen) atoms. The molecular formula is C13H22N2O5. The molecule has 0 radical (unpaired) electrons. The van der Waals surface area contributed by atoms with Crippen molar-refractivity contribution >= 4 is 12.0 Å². The first kappa shape index (κ1) is 15.1. The number of aliphatic hydroxyl groups is 1. The van der Waals surface area contributed by atoms with E-state index in [2.05, 4.69) is 12.2 Å². The normalized spacial score (nSPS) is 29.2. The molecule has 7 nitrogen and oxygen atoms in total. The number of likely N-dealkylation sites (tertiary alicyclic amines) is 1. The van der Waals surface area contributed by atoms with Crippen LogP contribution in [0.1, 0.15) is 26.2 Å². The lowest BCUT2D eigenvalue weighted by Gasteiger charge is -2.34. The molecule has 2 saturated heterocycles. The van der Waals surface area contributed by atoms with E-state index in [0.717, 1.165) is 12.8 Å². The molecule has 0 aliphatic carbocycles. The average Bonchev–Trinajstić information content (AvgIpc) is 2.79. The lowest BCUT2D eigenvalue weighted by Crippen LogP contribution is -2.49. The molecule has 2 aliphatic rings. The first-order chi connectivity index (χ1) is 9.41. The standard InChI is InChI=1S/C13H22N2O5/c1-13(2-4-20-5-3-13)8-14-12(19)15-7-9(16)6-10(15)11(17)18/h9-10,16H,2-8H2,1H3,(H,14,19)(H,17,18). The van der Waals surface area contributed by atoms with E-state index < -0.39 is 24.1 Å². The molecule has 2 aliphatic heterocycles. The number of carboxylic acids is 1. The summed E-state index contributed by atoms with van der Waals surface area (Å²) >= 11 is 0. The number of urea groups is 1. The Morgan fingerprint density at radius 1 is 1.40 bits per heavy atom. The van der Waals surface area contributed by atoms with Crippen LogP contribution in [0.2, 0.25) is 0 Å². The summed E-state index contributed by atoms with van der Waals surface area (Å²) in [6.45, 7) is 4.03. The predicted octanol–water partition coefficient (Wildman–Crippen LogP) is 0.0325. The zero-order valence-electron chi connectivity index (χ0n) is 11.7. The van der Waals surface area contributed by atoms with E-state index in [9.17, 15) is 14.7 Å². The maximum absolute atomic E-state index is 12.1. The van der Waals surface area contributed by atoms with E-state index in [0.29, 0.717) is 19.8 Å². The molecule has 0 spiro atoms. The number of β-amino-alcohol motifs (C(OH)–C–C–N with tert-alkyl or cyclic N) is 1. The number of carbonyl (C=O) groups is 2. The predicted molar refractivity (Wildman–Crippen MR) is 70.3 cm³/mol. The molecule has 0 bridgehead atoms. The van der Waals surface area contributed by atoms with E-state index in [1.54, 1.807) is 0 Å². The SMILES string of the molecule is CC1(CNC(=O)N2CC(O)CC2C(=O)O)CCOCC1. The minimum atomic E-state index is -1.08. The van der Waals surface area contributed by atoms with Crippen LogP contribution in [0.4, 0.5) is 4.79 Å². The van der Waals surface area contributed by atoms with Crippen molar-refractivity contribution in [3.05, 3.63) is 0 Å². The Kier molecular flexibility index (Phi) is 4.49. The number of nitrogens with zero attached hydrogens (tertiary/aromatic N) is 1. The van der Waals surface area contributed by atoms with E-state index in [1.807, 2.05) is 0 Å². The smallest absolute Gasteiger partial charge is 0.326 e. The van der Waals surface area contributed by atoms with E-state index in [-0.39, 0.29) is 18.4 Å². The monoisotopic (exact) mass is 286 g/mol. The molecule has 0 aromatic heterocycles. The summed E-state index contributed by atoms with van der Waals surface area (Å²) in [7, 11) is 0. The molecule has 2 amide bonds. The second-order valence-corrected chi connectivity index (χ2v) is 5.98. The number of carboxylic acid groups (broad SMARTS) is 1. The first-order valence-corrected chi connectivity index (χ1v) is 6.94. The van der Waals surface area contributed by atoms with Crippen molar-refractivity contribution in [2.75, 3.05) is 26.3 Å². The molecule has 114 valence electrons. The van der Waals surface area contributed by atoms with Crippen molar-refractivity contribution in [2.45, 2.75) is 38.3 Å². The second kappa shape index (κ2) is 5.97. The van der Waals surface area contributed by atoms with Gasteiger partial charge in [0.05, 0.1) is 6.10 Å². The highest BCUT2D eigenvalue weighted by molar-refractivity contribution is 5.83. The summed E-state index contributed by atoms with van der Waals surface area (Å²) in [5, 5.41) is 21.4. The largest absolute Gasteiger partial charge is 0.480 e. The highest BCUT2D eigenvalue weighted by Crippen LogP contribution is 2.29. The molecule has 0 aromatic carbocycles. The number of nitrogens with one attached hydrogen (secondary N) is 1. The number of carbonyl (C=O) groups excluding carboxylic acids is 1. The summed E-state index contributed by atoms with van der Waals surface area (Å²) in [6.07, 6.45) is 1.07. The lowest BCUT2D eigenvalue weighted by atomic mass is 9.82. The van der Waals surface area contributed by atoms with Gasteiger partial charge in [-0.25, -0.2) is 9.59 Å². The van der Waals surface area contributed by atoms with Gasteiger partial charge in [-0.15, -0.1) is 0 Å². The van der Waals surface area contributed by atoms with Crippen LogP contribution < -0.4 is 5.32 Å². The minimum Gasteiger partial charge on any atom is -0.480 e. The van der Waals surface area contributed by atoms with Crippen LogP contribution in [-0.4, -0.2) is 65.6 Å². The van der Waals surface area contributed by atoms with Gasteiger partial charge >= 0.3 is 12.0 Å². The Hall–Kier alpha value is -1.34. The van der Waals surface area contributed by atoms with Crippen LogP contribution >= 0.6 is 0 Å². The van der Waals surface area contributed by atoms with Gasteiger partial charge in [0.1, 0.15) is 6.04 Å². The number of hydrogen-bond donors (Lipinski definition) is 3. The Balaban J connectivity index is 1.89. The molecular weight excluding hydrogens is 264 g/mol. The number of hydrogen-bond acceptors (Lipinski definition) is 4. The van der Waals surface area contributed by atoms with E-state index in [4.69, 9.17) is 9.84 Å². The third-order valence-corrected chi connectivity index (χ3v) is 4.19. The van der Waals surface area contributed by atoms with Gasteiger partial charge in [0.15, 0.2) is 0 Å². The summed E-state index contributed by atoms with van der Waals surface area (Å²) < 4.78 is 5.30. The molecule has 2 rings (SSSR count). The summed E-state index contributed by atoms with van der Waals surface area (Å²) in [5.74, 6) is -1.08. The van der Waals surface area contributed by atoms with Crippen molar-refractivity contribution in [1.82, 2.24) is 10.2 Å². The number of amides is 2. The Morgan fingerprint density at radius 2 is 2.05 bits per heavy atom. The van der Waals surface area contributed by atoms with Gasteiger partial charge in [-0.05, 0) is 18.3 Å². The van der Waals surface area contributed by atoms with Crippen LogP contribution in [0, 0.1) is 5.41 Å². The van der Waals surface area contributed by atoms with Crippen LogP contribution in [0.5, 0.6) is 0 Å². The quantitative estimate of drug-likeness (QED) is 0.680. The molecule has 0 aromatic rings. The zero-order valence-corrected chi connectivity index (χ0v) is 11.7. The number of ether oxygens (including phenoxy) is 1. The molecule has 2 unspecified atom stereocenters. The second-order valence-electron chi connectivity index (χ2n) is 5.98. The van der Waals surface area contributed by atoms with Gasteiger partial charge < -0.3 is 25.2 Å². The van der Waals surface area contributed by atoms with E-state index >= 15 is 0 Å². The molecule has 2 fully saturated rings. The molecule has 3 N–H and O–H groups in total. The fraction of sp³-hybridized carbons (Fsp3) is 0.846. The fourth-order valence-corrected chi connectivity index (χ4v) is 2.70. The highest BCUT2D eigenvalue weighted by atomic mass is 16.5. The summed E-state index contributed by atoms with van der Waals surface area (Å²) in [5.41, 5.74) is -0.00896. The zero-order chi connectivity index (χ0) is 14.8. The van der Waals surface area contributed by atoms with Gasteiger partial charge in [-0.1, -0.05) is 6.92 Å². The molecule has 2 heterocycles.